The molecule has 0 fully saturated rings. The van der Waals surface area contributed by atoms with Crippen LogP contribution in [0.2, 0.25) is 0 Å². The molecule has 0 aliphatic carbocycles. The molecule has 1 aliphatic heterocycles. The van der Waals surface area contributed by atoms with Gasteiger partial charge in [0.1, 0.15) is 0 Å². The van der Waals surface area contributed by atoms with Crippen molar-refractivity contribution in [3.05, 3.63) is 138 Å². The number of hydrogen-bond acceptors (Lipinski definition) is 2. The zero-order chi connectivity index (χ0) is 25.8. The number of benzene rings is 5. The molecular formula is C33H19N3O2. The molecule has 0 spiro atoms. The van der Waals surface area contributed by atoms with Gasteiger partial charge in [-0.2, -0.15) is 0 Å². The van der Waals surface area contributed by atoms with Crippen molar-refractivity contribution in [3.8, 4) is 16.8 Å². The second-order valence-corrected chi connectivity index (χ2v) is 9.19. The van der Waals surface area contributed by atoms with Crippen molar-refractivity contribution in [2.75, 3.05) is 4.90 Å². The van der Waals surface area contributed by atoms with Gasteiger partial charge in [0, 0.05) is 21.9 Å². The van der Waals surface area contributed by atoms with E-state index in [1.165, 1.54) is 4.90 Å². The first kappa shape index (κ1) is 21.8. The fourth-order valence-corrected chi connectivity index (χ4v) is 5.49. The van der Waals surface area contributed by atoms with Crippen molar-refractivity contribution >= 4 is 45.0 Å². The SMILES string of the molecule is [C-]#[N+]c1ccc2c3ccccc3n(-c3cccc4c3C(=O)N(c3ccccc3-c3ccccc3)C4=O)c2c1. The highest BCUT2D eigenvalue weighted by molar-refractivity contribution is 6.36. The van der Waals surface area contributed by atoms with Gasteiger partial charge in [0.2, 0.25) is 0 Å². The van der Waals surface area contributed by atoms with Crippen LogP contribution in [0.1, 0.15) is 20.7 Å². The molecule has 38 heavy (non-hydrogen) atoms. The fraction of sp³-hybridized carbons (Fsp3) is 0. The number of amides is 2. The summed E-state index contributed by atoms with van der Waals surface area (Å²) in [4.78, 5) is 32.9. The number of anilines is 1. The number of rotatable bonds is 3. The first-order valence-corrected chi connectivity index (χ1v) is 12.2. The molecule has 1 aromatic heterocycles. The van der Waals surface area contributed by atoms with E-state index in [9.17, 15) is 9.59 Å². The van der Waals surface area contributed by atoms with Crippen LogP contribution < -0.4 is 4.90 Å². The molecule has 0 radical (unpaired) electrons. The minimum atomic E-state index is -0.365. The van der Waals surface area contributed by atoms with E-state index in [0.717, 1.165) is 32.9 Å². The molecule has 5 nitrogen and oxygen atoms in total. The van der Waals surface area contributed by atoms with Crippen LogP contribution in [0.25, 0.3) is 43.5 Å². The summed E-state index contributed by atoms with van der Waals surface area (Å²) in [6, 6.07) is 36.2. The van der Waals surface area contributed by atoms with Gasteiger partial charge in [-0.3, -0.25) is 9.59 Å². The van der Waals surface area contributed by atoms with Gasteiger partial charge in [-0.1, -0.05) is 84.9 Å². The molecule has 6 aromatic rings. The topological polar surface area (TPSA) is 46.7 Å². The second-order valence-electron chi connectivity index (χ2n) is 9.19. The van der Waals surface area contributed by atoms with Gasteiger partial charge in [-0.15, -0.1) is 0 Å². The zero-order valence-corrected chi connectivity index (χ0v) is 20.1. The average molecular weight is 490 g/mol. The maximum absolute atomic E-state index is 14.1. The van der Waals surface area contributed by atoms with E-state index in [2.05, 4.69) is 4.85 Å². The zero-order valence-electron chi connectivity index (χ0n) is 20.1. The monoisotopic (exact) mass is 489 g/mol. The molecule has 5 aromatic carbocycles. The largest absolute Gasteiger partial charge is 0.310 e. The summed E-state index contributed by atoms with van der Waals surface area (Å²) >= 11 is 0. The lowest BCUT2D eigenvalue weighted by Crippen LogP contribution is -2.30. The Hall–Kier alpha value is -5.47. The van der Waals surface area contributed by atoms with Crippen LogP contribution in [0.15, 0.2) is 115 Å². The Morgan fingerprint density at radius 1 is 0.579 bits per heavy atom. The van der Waals surface area contributed by atoms with Gasteiger partial charge in [-0.05, 0) is 35.9 Å². The van der Waals surface area contributed by atoms with Crippen LogP contribution in [0.3, 0.4) is 0 Å². The van der Waals surface area contributed by atoms with Crippen LogP contribution in [0, 0.1) is 6.57 Å². The quantitative estimate of drug-likeness (QED) is 0.188. The Kier molecular flexibility index (Phi) is 4.75. The summed E-state index contributed by atoms with van der Waals surface area (Å²) in [5, 5.41) is 1.99. The number of para-hydroxylation sites is 2. The predicted molar refractivity (Wildman–Crippen MR) is 150 cm³/mol. The highest BCUT2D eigenvalue weighted by atomic mass is 16.2. The minimum absolute atomic E-state index is 0.349. The smallest absolute Gasteiger partial charge is 0.268 e. The third-order valence-electron chi connectivity index (χ3n) is 7.15. The molecule has 178 valence electrons. The Morgan fingerprint density at radius 2 is 1.26 bits per heavy atom. The van der Waals surface area contributed by atoms with Gasteiger partial charge < -0.3 is 4.57 Å². The number of imide groups is 1. The lowest BCUT2D eigenvalue weighted by atomic mass is 10.0. The molecule has 1 aliphatic rings. The Morgan fingerprint density at radius 3 is 2.11 bits per heavy atom. The van der Waals surface area contributed by atoms with Crippen molar-refractivity contribution in [1.29, 1.82) is 0 Å². The standard InChI is InChI=1S/C33H19N3O2/c1-34-22-18-19-25-24-13-6-8-16-28(24)35(30(25)20-22)29-17-9-14-26-31(29)33(38)36(32(26)37)27-15-7-5-12-23(27)21-10-3-2-4-11-21/h2-20H. The van der Waals surface area contributed by atoms with Crippen molar-refractivity contribution in [2.45, 2.75) is 0 Å². The molecule has 0 atom stereocenters. The molecule has 0 unspecified atom stereocenters. The number of aromatic nitrogens is 1. The summed E-state index contributed by atoms with van der Waals surface area (Å²) in [6.07, 6.45) is 0. The first-order valence-electron chi connectivity index (χ1n) is 12.2. The molecule has 0 bridgehead atoms. The Labute approximate surface area is 218 Å². The maximum atomic E-state index is 14.1. The lowest BCUT2D eigenvalue weighted by Gasteiger charge is -2.18. The summed E-state index contributed by atoms with van der Waals surface area (Å²) in [6.45, 7) is 7.53. The second kappa shape index (κ2) is 8.29. The van der Waals surface area contributed by atoms with Crippen LogP contribution in [0.4, 0.5) is 11.4 Å². The van der Waals surface area contributed by atoms with E-state index in [4.69, 9.17) is 6.57 Å². The Bertz CT molecular complexity index is 1980. The van der Waals surface area contributed by atoms with Crippen molar-refractivity contribution in [3.63, 3.8) is 0 Å². The third kappa shape index (κ3) is 3.04. The van der Waals surface area contributed by atoms with Gasteiger partial charge in [0.15, 0.2) is 5.69 Å². The lowest BCUT2D eigenvalue weighted by molar-refractivity contribution is 0.0926. The molecule has 0 N–H and O–H groups in total. The summed E-state index contributed by atoms with van der Waals surface area (Å²) in [7, 11) is 0. The average Bonchev–Trinajstić information content (AvgIpc) is 3.44. The van der Waals surface area contributed by atoms with Crippen LogP contribution in [0.5, 0.6) is 0 Å². The van der Waals surface area contributed by atoms with E-state index < -0.39 is 0 Å². The van der Waals surface area contributed by atoms with E-state index in [1.807, 2.05) is 108 Å². The molecule has 0 saturated carbocycles. The molecule has 5 heteroatoms. The normalized spacial score (nSPS) is 12.8. The summed E-state index contributed by atoms with van der Waals surface area (Å²) in [5.41, 5.74) is 5.85. The summed E-state index contributed by atoms with van der Waals surface area (Å²) < 4.78 is 2.00. The molecule has 0 saturated heterocycles. The van der Waals surface area contributed by atoms with Crippen LogP contribution in [-0.4, -0.2) is 16.4 Å². The van der Waals surface area contributed by atoms with E-state index in [1.54, 1.807) is 12.1 Å². The van der Waals surface area contributed by atoms with Gasteiger partial charge in [-0.25, -0.2) is 9.74 Å². The first-order chi connectivity index (χ1) is 18.7. The maximum Gasteiger partial charge on any atom is 0.268 e. The van der Waals surface area contributed by atoms with Crippen molar-refractivity contribution in [2.24, 2.45) is 0 Å². The van der Waals surface area contributed by atoms with Gasteiger partial charge in [0.25, 0.3) is 11.8 Å². The highest BCUT2D eigenvalue weighted by Crippen LogP contribution is 2.40. The van der Waals surface area contributed by atoms with Crippen molar-refractivity contribution < 1.29 is 9.59 Å². The Balaban J connectivity index is 1.47. The van der Waals surface area contributed by atoms with E-state index >= 15 is 0 Å². The number of carbonyl (C=O) groups excluding carboxylic acids is 2. The molecule has 7 rings (SSSR count). The minimum Gasteiger partial charge on any atom is -0.310 e. The summed E-state index contributed by atoms with van der Waals surface area (Å²) in [5.74, 6) is -0.714. The molecule has 2 heterocycles. The highest BCUT2D eigenvalue weighted by Gasteiger charge is 2.40. The van der Waals surface area contributed by atoms with Crippen molar-refractivity contribution in [1.82, 2.24) is 4.57 Å². The van der Waals surface area contributed by atoms with Gasteiger partial charge >= 0.3 is 0 Å². The van der Waals surface area contributed by atoms with E-state index in [-0.39, 0.29) is 11.8 Å². The van der Waals surface area contributed by atoms with Gasteiger partial charge in [0.05, 0.1) is 34.6 Å². The van der Waals surface area contributed by atoms with Crippen LogP contribution >= 0.6 is 0 Å². The number of nitrogens with zero attached hydrogens (tertiary/aromatic N) is 3. The number of carbonyl (C=O) groups is 2. The number of hydrogen-bond donors (Lipinski definition) is 0. The van der Waals surface area contributed by atoms with Crippen LogP contribution in [-0.2, 0) is 0 Å². The third-order valence-corrected chi connectivity index (χ3v) is 7.15. The van der Waals surface area contributed by atoms with E-state index in [0.29, 0.717) is 28.2 Å². The fourth-order valence-electron chi connectivity index (χ4n) is 5.49. The molecular weight excluding hydrogens is 470 g/mol. The number of fused-ring (bicyclic) bond motifs is 4. The predicted octanol–water partition coefficient (Wildman–Crippen LogP) is 7.80. The molecule has 2 amide bonds.